The Morgan fingerprint density at radius 1 is 1.00 bits per heavy atom. The maximum atomic E-state index is 4.45. The molecule has 2 N–H and O–H groups in total. The smallest absolute Gasteiger partial charge is 0.101 e. The highest BCUT2D eigenvalue weighted by atomic mass is 14.9. The predicted molar refractivity (Wildman–Crippen MR) is 69.0 cm³/mol. The van der Waals surface area contributed by atoms with Gasteiger partial charge in [-0.2, -0.15) is 0 Å². The summed E-state index contributed by atoms with van der Waals surface area (Å²) in [6.45, 7) is 0. The summed E-state index contributed by atoms with van der Waals surface area (Å²) in [5, 5.41) is 1.13. The third kappa shape index (κ3) is 1.18. The quantitative estimate of drug-likeness (QED) is 0.532. The van der Waals surface area contributed by atoms with Crippen molar-refractivity contribution in [2.45, 2.75) is 0 Å². The maximum absolute atomic E-state index is 4.45. The summed E-state index contributed by atoms with van der Waals surface area (Å²) in [4.78, 5) is 19.3. The van der Waals surface area contributed by atoms with Crippen molar-refractivity contribution in [1.29, 1.82) is 0 Å². The minimum atomic E-state index is 0.878. The highest BCUT2D eigenvalue weighted by Crippen LogP contribution is 2.28. The minimum Gasteiger partial charge on any atom is -0.359 e. The molecule has 4 rings (SSSR count). The third-order valence-electron chi connectivity index (χ3n) is 3.06. The van der Waals surface area contributed by atoms with Crippen molar-refractivity contribution < 1.29 is 0 Å². The van der Waals surface area contributed by atoms with Gasteiger partial charge in [-0.25, -0.2) is 4.98 Å². The lowest BCUT2D eigenvalue weighted by Crippen LogP contribution is -1.88. The number of H-pyrrole nitrogens is 2. The van der Waals surface area contributed by atoms with Gasteiger partial charge >= 0.3 is 0 Å². The van der Waals surface area contributed by atoms with Crippen LogP contribution in [-0.4, -0.2) is 24.9 Å². The van der Waals surface area contributed by atoms with E-state index in [1.165, 1.54) is 0 Å². The maximum Gasteiger partial charge on any atom is 0.101 e. The highest BCUT2D eigenvalue weighted by Gasteiger charge is 2.11. The van der Waals surface area contributed by atoms with Crippen molar-refractivity contribution >= 4 is 21.9 Å². The number of rotatable bonds is 1. The molecule has 0 saturated carbocycles. The Labute approximate surface area is 102 Å². The molecule has 0 bridgehead atoms. The number of fused-ring (bicyclic) bond motifs is 2. The molecular weight excluding hydrogens is 226 g/mol. The molecule has 5 nitrogen and oxygen atoms in total. The van der Waals surface area contributed by atoms with Crippen LogP contribution < -0.4 is 0 Å². The van der Waals surface area contributed by atoms with Crippen LogP contribution in [0.25, 0.3) is 33.2 Å². The zero-order valence-electron chi connectivity index (χ0n) is 9.38. The molecule has 0 saturated heterocycles. The first-order chi connectivity index (χ1) is 8.93. The van der Waals surface area contributed by atoms with Gasteiger partial charge in [0.2, 0.25) is 0 Å². The summed E-state index contributed by atoms with van der Waals surface area (Å²) < 4.78 is 0. The van der Waals surface area contributed by atoms with Gasteiger partial charge in [-0.05, 0) is 12.1 Å². The Bertz CT molecular complexity index is 770. The van der Waals surface area contributed by atoms with Gasteiger partial charge in [-0.3, -0.25) is 9.97 Å². The number of nitrogens with zero attached hydrogens (tertiary/aromatic N) is 3. The number of hydrogen-bond donors (Lipinski definition) is 2. The molecule has 0 spiro atoms. The predicted octanol–water partition coefficient (Wildman–Crippen LogP) is 2.50. The van der Waals surface area contributed by atoms with E-state index in [9.17, 15) is 0 Å². The zero-order chi connectivity index (χ0) is 11.9. The highest BCUT2D eigenvalue weighted by molar-refractivity contribution is 5.99. The second kappa shape index (κ2) is 3.40. The van der Waals surface area contributed by atoms with Crippen LogP contribution in [0.2, 0.25) is 0 Å². The van der Waals surface area contributed by atoms with Gasteiger partial charge in [-0.1, -0.05) is 0 Å². The summed E-state index contributed by atoms with van der Waals surface area (Å²) >= 11 is 0. The molecule has 0 radical (unpaired) electrons. The normalized spacial score (nSPS) is 11.3. The van der Waals surface area contributed by atoms with E-state index in [1.54, 1.807) is 24.9 Å². The lowest BCUT2D eigenvalue weighted by atomic mass is 10.1. The standard InChI is InChI=1S/C13H9N5/c1-3-15-11-8(1)2-4-16-13(11)9-5-14-6-10-12(9)18-7-17-10/h1-7,15H,(H,17,18). The molecule has 86 valence electrons. The number of imidazole rings is 1. The Morgan fingerprint density at radius 2 is 2.00 bits per heavy atom. The average Bonchev–Trinajstić information content (AvgIpc) is 3.06. The molecule has 0 aromatic carbocycles. The second-order valence-electron chi connectivity index (χ2n) is 4.09. The molecule has 4 aromatic heterocycles. The van der Waals surface area contributed by atoms with Gasteiger partial charge in [0.1, 0.15) is 5.52 Å². The van der Waals surface area contributed by atoms with Crippen LogP contribution in [-0.2, 0) is 0 Å². The van der Waals surface area contributed by atoms with Crippen molar-refractivity contribution in [2.75, 3.05) is 0 Å². The van der Waals surface area contributed by atoms with Crippen LogP contribution in [0, 0.1) is 0 Å². The molecular formula is C13H9N5. The summed E-state index contributed by atoms with van der Waals surface area (Å²) in [6, 6.07) is 4.01. The second-order valence-corrected chi connectivity index (χ2v) is 4.09. The third-order valence-corrected chi connectivity index (χ3v) is 3.06. The fourth-order valence-electron chi connectivity index (χ4n) is 2.22. The van der Waals surface area contributed by atoms with E-state index in [0.29, 0.717) is 0 Å². The molecule has 0 atom stereocenters. The van der Waals surface area contributed by atoms with Crippen LogP contribution in [0.4, 0.5) is 0 Å². The summed E-state index contributed by atoms with van der Waals surface area (Å²) in [6.07, 6.45) is 8.95. The van der Waals surface area contributed by atoms with E-state index in [0.717, 1.165) is 33.2 Å². The van der Waals surface area contributed by atoms with Gasteiger partial charge in [0.25, 0.3) is 0 Å². The summed E-state index contributed by atoms with van der Waals surface area (Å²) in [7, 11) is 0. The van der Waals surface area contributed by atoms with Gasteiger partial charge in [0.15, 0.2) is 0 Å². The Hall–Kier alpha value is -2.69. The van der Waals surface area contributed by atoms with E-state index in [4.69, 9.17) is 0 Å². The number of aromatic amines is 2. The van der Waals surface area contributed by atoms with E-state index in [2.05, 4.69) is 24.9 Å². The monoisotopic (exact) mass is 235 g/mol. The van der Waals surface area contributed by atoms with Crippen molar-refractivity contribution in [3.05, 3.63) is 43.2 Å². The number of aromatic nitrogens is 5. The van der Waals surface area contributed by atoms with Crippen LogP contribution >= 0.6 is 0 Å². The van der Waals surface area contributed by atoms with Gasteiger partial charge in [0, 0.05) is 29.5 Å². The van der Waals surface area contributed by atoms with E-state index in [1.807, 2.05) is 18.3 Å². The van der Waals surface area contributed by atoms with E-state index < -0.39 is 0 Å². The fraction of sp³-hybridized carbons (Fsp3) is 0. The van der Waals surface area contributed by atoms with Crippen molar-refractivity contribution in [3.63, 3.8) is 0 Å². The van der Waals surface area contributed by atoms with Gasteiger partial charge in [0.05, 0.1) is 29.3 Å². The lowest BCUT2D eigenvalue weighted by Gasteiger charge is -2.02. The molecule has 0 unspecified atom stereocenters. The van der Waals surface area contributed by atoms with Crippen LogP contribution in [0.3, 0.4) is 0 Å². The molecule has 0 fully saturated rings. The van der Waals surface area contributed by atoms with Crippen LogP contribution in [0.5, 0.6) is 0 Å². The molecule has 0 aliphatic carbocycles. The Morgan fingerprint density at radius 3 is 3.00 bits per heavy atom. The topological polar surface area (TPSA) is 70.2 Å². The summed E-state index contributed by atoms with van der Waals surface area (Å²) in [5.74, 6) is 0. The first-order valence-corrected chi connectivity index (χ1v) is 5.63. The lowest BCUT2D eigenvalue weighted by molar-refractivity contribution is 1.30. The van der Waals surface area contributed by atoms with Crippen molar-refractivity contribution in [2.24, 2.45) is 0 Å². The largest absolute Gasteiger partial charge is 0.359 e. The molecule has 4 aromatic rings. The molecule has 0 amide bonds. The number of hydrogen-bond acceptors (Lipinski definition) is 3. The van der Waals surface area contributed by atoms with E-state index in [-0.39, 0.29) is 0 Å². The molecule has 5 heteroatoms. The molecule has 0 aliphatic rings. The fourth-order valence-corrected chi connectivity index (χ4v) is 2.22. The molecule has 18 heavy (non-hydrogen) atoms. The summed E-state index contributed by atoms with van der Waals surface area (Å²) in [5.41, 5.74) is 4.62. The van der Waals surface area contributed by atoms with Crippen molar-refractivity contribution in [1.82, 2.24) is 24.9 Å². The van der Waals surface area contributed by atoms with Crippen LogP contribution in [0.1, 0.15) is 0 Å². The minimum absolute atomic E-state index is 0.878. The SMILES string of the molecule is c1cc2cc[nH]c2c(-c2cncc3[nH]cnc23)n1. The zero-order valence-corrected chi connectivity index (χ0v) is 9.38. The molecule has 0 aliphatic heterocycles. The Kier molecular flexibility index (Phi) is 1.77. The first-order valence-electron chi connectivity index (χ1n) is 5.63. The first kappa shape index (κ1) is 9.35. The Balaban J connectivity index is 2.13. The van der Waals surface area contributed by atoms with Crippen molar-refractivity contribution in [3.8, 4) is 11.3 Å². The number of pyridine rings is 2. The molecule has 4 heterocycles. The van der Waals surface area contributed by atoms with E-state index >= 15 is 0 Å². The number of nitrogens with one attached hydrogen (secondary N) is 2. The van der Waals surface area contributed by atoms with Gasteiger partial charge < -0.3 is 9.97 Å². The van der Waals surface area contributed by atoms with Gasteiger partial charge in [-0.15, -0.1) is 0 Å². The average molecular weight is 235 g/mol. The van der Waals surface area contributed by atoms with Crippen LogP contribution in [0.15, 0.2) is 43.2 Å².